The summed E-state index contributed by atoms with van der Waals surface area (Å²) in [6.07, 6.45) is 1.55. The molecule has 0 aliphatic rings. The molecule has 0 radical (unpaired) electrons. The van der Waals surface area contributed by atoms with Gasteiger partial charge in [-0.25, -0.2) is 0 Å². The fourth-order valence-corrected chi connectivity index (χ4v) is 2.52. The van der Waals surface area contributed by atoms with Gasteiger partial charge in [0.05, 0.1) is 6.54 Å². The van der Waals surface area contributed by atoms with Crippen molar-refractivity contribution in [2.45, 2.75) is 6.54 Å². The van der Waals surface area contributed by atoms with E-state index in [9.17, 15) is 4.79 Å². The van der Waals surface area contributed by atoms with Gasteiger partial charge in [-0.2, -0.15) is 5.10 Å². The van der Waals surface area contributed by atoms with Crippen LogP contribution in [-0.2, 0) is 6.54 Å². The molecule has 78 valence electrons. The number of halogens is 1. The van der Waals surface area contributed by atoms with Gasteiger partial charge < -0.3 is 5.32 Å². The van der Waals surface area contributed by atoms with E-state index in [0.29, 0.717) is 12.2 Å². The number of carbonyl (C=O) groups excluding carboxylic acids is 1. The van der Waals surface area contributed by atoms with Crippen LogP contribution in [0.5, 0.6) is 0 Å². The van der Waals surface area contributed by atoms with Crippen LogP contribution in [0.4, 0.5) is 0 Å². The summed E-state index contributed by atoms with van der Waals surface area (Å²) in [5, 5.41) is 11.1. The van der Waals surface area contributed by atoms with Crippen LogP contribution in [0.1, 0.15) is 15.4 Å². The maximum absolute atomic E-state index is 11.5. The van der Waals surface area contributed by atoms with Crippen LogP contribution in [-0.4, -0.2) is 16.1 Å². The number of hydrogen-bond acceptors (Lipinski definition) is 3. The number of nitrogens with one attached hydrogen (secondary N) is 2. The number of amides is 1. The van der Waals surface area contributed by atoms with Crippen molar-refractivity contribution in [2.75, 3.05) is 0 Å². The van der Waals surface area contributed by atoms with Gasteiger partial charge >= 0.3 is 0 Å². The van der Waals surface area contributed by atoms with E-state index in [1.807, 2.05) is 11.4 Å². The minimum atomic E-state index is -0.146. The van der Waals surface area contributed by atoms with E-state index in [1.165, 1.54) is 0 Å². The van der Waals surface area contributed by atoms with E-state index in [1.54, 1.807) is 23.6 Å². The monoisotopic (exact) mass is 285 g/mol. The molecule has 15 heavy (non-hydrogen) atoms. The van der Waals surface area contributed by atoms with Crippen LogP contribution < -0.4 is 5.32 Å². The van der Waals surface area contributed by atoms with Crippen LogP contribution in [0.25, 0.3) is 0 Å². The van der Waals surface area contributed by atoms with E-state index in [2.05, 4.69) is 31.4 Å². The molecule has 0 aliphatic heterocycles. The van der Waals surface area contributed by atoms with Crippen molar-refractivity contribution in [3.05, 3.63) is 38.8 Å². The number of rotatable bonds is 3. The normalized spacial score (nSPS) is 10.2. The lowest BCUT2D eigenvalue weighted by molar-refractivity contribution is 0.0946. The van der Waals surface area contributed by atoms with Crippen molar-refractivity contribution < 1.29 is 4.79 Å². The molecule has 0 saturated heterocycles. The second-order valence-electron chi connectivity index (χ2n) is 2.84. The van der Waals surface area contributed by atoms with E-state index in [-0.39, 0.29) is 5.91 Å². The summed E-state index contributed by atoms with van der Waals surface area (Å²) >= 11 is 5.01. The minimum absolute atomic E-state index is 0.146. The van der Waals surface area contributed by atoms with E-state index in [4.69, 9.17) is 0 Å². The third-order valence-electron chi connectivity index (χ3n) is 1.85. The number of carbonyl (C=O) groups is 1. The first-order valence-corrected chi connectivity index (χ1v) is 5.94. The maximum Gasteiger partial charge on any atom is 0.269 e. The lowest BCUT2D eigenvalue weighted by Gasteiger charge is -2.01. The number of thiophene rings is 1. The molecular formula is C9H8BrN3OS. The van der Waals surface area contributed by atoms with Crippen LogP contribution in [0.2, 0.25) is 0 Å². The summed E-state index contributed by atoms with van der Waals surface area (Å²) in [6, 6.07) is 3.60. The minimum Gasteiger partial charge on any atom is -0.346 e. The van der Waals surface area contributed by atoms with E-state index < -0.39 is 0 Å². The second kappa shape index (κ2) is 4.59. The molecule has 0 fully saturated rings. The van der Waals surface area contributed by atoms with Gasteiger partial charge in [0.1, 0.15) is 5.69 Å². The third kappa shape index (κ3) is 2.45. The summed E-state index contributed by atoms with van der Waals surface area (Å²) < 4.78 is 1.03. The van der Waals surface area contributed by atoms with Gasteiger partial charge in [-0.15, -0.1) is 11.3 Å². The molecule has 0 saturated carbocycles. The molecular weight excluding hydrogens is 278 g/mol. The zero-order valence-electron chi connectivity index (χ0n) is 7.66. The molecule has 1 amide bonds. The summed E-state index contributed by atoms with van der Waals surface area (Å²) in [5.41, 5.74) is 0.475. The van der Waals surface area contributed by atoms with Crippen molar-refractivity contribution in [3.8, 4) is 0 Å². The van der Waals surface area contributed by atoms with E-state index >= 15 is 0 Å². The van der Waals surface area contributed by atoms with Crippen LogP contribution >= 0.6 is 27.3 Å². The maximum atomic E-state index is 11.5. The Morgan fingerprint density at radius 2 is 2.47 bits per heavy atom. The number of aromatic amines is 1. The number of H-pyrrole nitrogens is 1. The fraction of sp³-hybridized carbons (Fsp3) is 0.111. The predicted molar refractivity (Wildman–Crippen MR) is 61.8 cm³/mol. The average Bonchev–Trinajstić information content (AvgIpc) is 2.85. The lowest BCUT2D eigenvalue weighted by atomic mass is 10.4. The molecule has 0 aliphatic carbocycles. The summed E-state index contributed by atoms with van der Waals surface area (Å²) in [6.45, 7) is 0.524. The Morgan fingerprint density at radius 3 is 3.07 bits per heavy atom. The van der Waals surface area contributed by atoms with E-state index in [0.717, 1.165) is 9.35 Å². The Labute approximate surface area is 98.8 Å². The molecule has 6 heteroatoms. The summed E-state index contributed by atoms with van der Waals surface area (Å²) in [4.78, 5) is 12.6. The van der Waals surface area contributed by atoms with Gasteiger partial charge in [0.25, 0.3) is 5.91 Å². The summed E-state index contributed by atoms with van der Waals surface area (Å²) in [7, 11) is 0. The van der Waals surface area contributed by atoms with Crippen LogP contribution in [0.3, 0.4) is 0 Å². The Balaban J connectivity index is 1.95. The van der Waals surface area contributed by atoms with Gasteiger partial charge in [-0.1, -0.05) is 0 Å². The van der Waals surface area contributed by atoms with Crippen molar-refractivity contribution in [1.29, 1.82) is 0 Å². The Hall–Kier alpha value is -1.14. The smallest absolute Gasteiger partial charge is 0.269 e. The van der Waals surface area contributed by atoms with Crippen LogP contribution in [0, 0.1) is 0 Å². The topological polar surface area (TPSA) is 57.8 Å². The molecule has 0 aromatic carbocycles. The lowest BCUT2D eigenvalue weighted by Crippen LogP contribution is -2.22. The molecule has 2 rings (SSSR count). The summed E-state index contributed by atoms with van der Waals surface area (Å²) in [5.74, 6) is -0.146. The quantitative estimate of drug-likeness (QED) is 0.908. The molecule has 2 aromatic heterocycles. The predicted octanol–water partition coefficient (Wildman–Crippen LogP) is 2.16. The Kier molecular flexibility index (Phi) is 3.17. The van der Waals surface area contributed by atoms with Gasteiger partial charge in [-0.3, -0.25) is 9.89 Å². The van der Waals surface area contributed by atoms with Crippen molar-refractivity contribution in [3.63, 3.8) is 0 Å². The Bertz CT molecular complexity index is 452. The van der Waals surface area contributed by atoms with Crippen LogP contribution in [0.15, 0.2) is 28.2 Å². The molecule has 0 spiro atoms. The first kappa shape index (κ1) is 10.4. The van der Waals surface area contributed by atoms with Crippen molar-refractivity contribution >= 4 is 33.2 Å². The van der Waals surface area contributed by atoms with Gasteiger partial charge in [-0.05, 0) is 33.4 Å². The van der Waals surface area contributed by atoms with Crippen molar-refractivity contribution in [1.82, 2.24) is 15.5 Å². The standard InChI is InChI=1S/C9H8BrN3OS/c10-6-2-4-15-8(6)5-11-9(14)7-1-3-12-13-7/h1-4H,5H2,(H,11,14)(H,12,13). The third-order valence-corrected chi connectivity index (χ3v) is 3.77. The highest BCUT2D eigenvalue weighted by molar-refractivity contribution is 9.10. The fourth-order valence-electron chi connectivity index (χ4n) is 1.09. The van der Waals surface area contributed by atoms with Crippen molar-refractivity contribution in [2.24, 2.45) is 0 Å². The molecule has 2 aromatic rings. The highest BCUT2D eigenvalue weighted by Gasteiger charge is 2.07. The molecule has 0 atom stereocenters. The zero-order valence-corrected chi connectivity index (χ0v) is 10.1. The molecule has 0 bridgehead atoms. The average molecular weight is 286 g/mol. The highest BCUT2D eigenvalue weighted by Crippen LogP contribution is 2.22. The number of hydrogen-bond donors (Lipinski definition) is 2. The SMILES string of the molecule is O=C(NCc1sccc1Br)c1ccn[nH]1. The molecule has 0 unspecified atom stereocenters. The largest absolute Gasteiger partial charge is 0.346 e. The highest BCUT2D eigenvalue weighted by atomic mass is 79.9. The first-order chi connectivity index (χ1) is 7.27. The number of nitrogens with zero attached hydrogens (tertiary/aromatic N) is 1. The second-order valence-corrected chi connectivity index (χ2v) is 4.70. The first-order valence-electron chi connectivity index (χ1n) is 4.27. The zero-order chi connectivity index (χ0) is 10.7. The molecule has 2 heterocycles. The van der Waals surface area contributed by atoms with Gasteiger partial charge in [0.2, 0.25) is 0 Å². The van der Waals surface area contributed by atoms with Gasteiger partial charge in [0, 0.05) is 15.5 Å². The molecule has 2 N–H and O–H groups in total. The number of aromatic nitrogens is 2. The molecule has 4 nitrogen and oxygen atoms in total. The Morgan fingerprint density at radius 1 is 1.60 bits per heavy atom. The van der Waals surface area contributed by atoms with Gasteiger partial charge in [0.15, 0.2) is 0 Å².